The van der Waals surface area contributed by atoms with Gasteiger partial charge in [0, 0.05) is 49.7 Å². The molecule has 0 N–H and O–H groups in total. The van der Waals surface area contributed by atoms with E-state index in [0.717, 1.165) is 36.5 Å². The van der Waals surface area contributed by atoms with Gasteiger partial charge < -0.3 is 9.64 Å². The number of ether oxygens (including phenoxy) is 1. The number of piperazine rings is 1. The summed E-state index contributed by atoms with van der Waals surface area (Å²) < 4.78 is 31.6. The van der Waals surface area contributed by atoms with Crippen LogP contribution in [0.3, 0.4) is 0 Å². The molecule has 1 amide bonds. The van der Waals surface area contributed by atoms with Gasteiger partial charge >= 0.3 is 0 Å². The van der Waals surface area contributed by atoms with E-state index in [4.69, 9.17) is 16.3 Å². The highest BCUT2D eigenvalue weighted by molar-refractivity contribution is 6.30. The van der Waals surface area contributed by atoms with E-state index in [1.54, 1.807) is 13.2 Å². The Morgan fingerprint density at radius 1 is 1.07 bits per heavy atom. The molecule has 1 heterocycles. The van der Waals surface area contributed by atoms with Crippen molar-refractivity contribution in [3.05, 3.63) is 64.2 Å². The molecule has 0 bridgehead atoms. The Hall–Kier alpha value is -2.18. The van der Waals surface area contributed by atoms with Gasteiger partial charge in [0.2, 0.25) is 5.91 Å². The third-order valence-electron chi connectivity index (χ3n) is 4.97. The number of amides is 1. The molecule has 1 aliphatic heterocycles. The Bertz CT molecular complexity index is 839. The summed E-state index contributed by atoms with van der Waals surface area (Å²) in [6, 6.07) is 9.32. The molecule has 150 valence electrons. The molecule has 28 heavy (non-hydrogen) atoms. The monoisotopic (exact) mass is 408 g/mol. The third-order valence-corrected chi connectivity index (χ3v) is 5.21. The molecule has 0 atom stereocenters. The Morgan fingerprint density at radius 3 is 2.50 bits per heavy atom. The maximum Gasteiger partial charge on any atom is 0.222 e. The number of hydrogen-bond donors (Lipinski definition) is 0. The van der Waals surface area contributed by atoms with Crippen LogP contribution >= 0.6 is 11.6 Å². The highest BCUT2D eigenvalue weighted by Gasteiger charge is 2.22. The summed E-state index contributed by atoms with van der Waals surface area (Å²) in [5.74, 6) is -0.920. The van der Waals surface area contributed by atoms with Gasteiger partial charge in [-0.3, -0.25) is 9.69 Å². The van der Waals surface area contributed by atoms with Gasteiger partial charge in [0.25, 0.3) is 0 Å². The first kappa shape index (κ1) is 20.6. The maximum atomic E-state index is 13.3. The zero-order valence-corrected chi connectivity index (χ0v) is 16.5. The molecule has 7 heteroatoms. The molecule has 0 aromatic heterocycles. The van der Waals surface area contributed by atoms with E-state index in [9.17, 15) is 13.6 Å². The number of halogens is 3. The van der Waals surface area contributed by atoms with Crippen LogP contribution in [-0.2, 0) is 17.8 Å². The molecule has 2 aromatic rings. The molecule has 0 aliphatic carbocycles. The lowest BCUT2D eigenvalue weighted by Gasteiger charge is -2.35. The first-order valence-electron chi connectivity index (χ1n) is 9.22. The van der Waals surface area contributed by atoms with Crippen molar-refractivity contribution in [2.45, 2.75) is 19.4 Å². The standard InChI is InChI=1S/C21H23ClF2N2O2/c1-28-20-6-4-17(22)13-16(20)14-25-8-10-26(11-9-25)21(27)7-3-15-2-5-18(23)19(24)12-15/h2,4-6,12-13H,3,7-11,14H2,1H3. The number of carbonyl (C=O) groups excluding carboxylic acids is 1. The predicted octanol–water partition coefficient (Wildman–Crippen LogP) is 3.90. The van der Waals surface area contributed by atoms with E-state index >= 15 is 0 Å². The van der Waals surface area contributed by atoms with Crippen molar-refractivity contribution in [3.8, 4) is 5.75 Å². The van der Waals surface area contributed by atoms with E-state index in [1.807, 2.05) is 17.0 Å². The van der Waals surface area contributed by atoms with Gasteiger partial charge in [-0.25, -0.2) is 8.78 Å². The Kier molecular flexibility index (Phi) is 6.86. The van der Waals surface area contributed by atoms with Gasteiger partial charge in [0.15, 0.2) is 11.6 Å². The Balaban J connectivity index is 1.48. The van der Waals surface area contributed by atoms with Gasteiger partial charge in [-0.2, -0.15) is 0 Å². The SMILES string of the molecule is COc1ccc(Cl)cc1CN1CCN(C(=O)CCc2ccc(F)c(F)c2)CC1. The second kappa shape index (κ2) is 9.34. The molecule has 0 saturated carbocycles. The first-order chi connectivity index (χ1) is 13.5. The van der Waals surface area contributed by atoms with Crippen LogP contribution in [0.4, 0.5) is 8.78 Å². The first-order valence-corrected chi connectivity index (χ1v) is 9.60. The lowest BCUT2D eigenvalue weighted by Crippen LogP contribution is -2.48. The fourth-order valence-electron chi connectivity index (χ4n) is 3.37. The van der Waals surface area contributed by atoms with Crippen LogP contribution in [0.2, 0.25) is 5.02 Å². The lowest BCUT2D eigenvalue weighted by atomic mass is 10.1. The molecule has 0 radical (unpaired) electrons. The Morgan fingerprint density at radius 2 is 1.82 bits per heavy atom. The van der Waals surface area contributed by atoms with Gasteiger partial charge in [0.05, 0.1) is 7.11 Å². The average molecular weight is 409 g/mol. The fraction of sp³-hybridized carbons (Fsp3) is 0.381. The van der Waals surface area contributed by atoms with Crippen molar-refractivity contribution >= 4 is 17.5 Å². The number of benzene rings is 2. The summed E-state index contributed by atoms with van der Waals surface area (Å²) in [5.41, 5.74) is 1.65. The summed E-state index contributed by atoms with van der Waals surface area (Å²) >= 11 is 6.09. The largest absolute Gasteiger partial charge is 0.496 e. The minimum absolute atomic E-state index is 0.0321. The van der Waals surface area contributed by atoms with E-state index in [2.05, 4.69) is 4.90 Å². The molecular weight excluding hydrogens is 386 g/mol. The molecule has 0 spiro atoms. The summed E-state index contributed by atoms with van der Waals surface area (Å²) in [5, 5.41) is 0.668. The van der Waals surface area contributed by atoms with Crippen LogP contribution in [0.25, 0.3) is 0 Å². The number of nitrogens with zero attached hydrogens (tertiary/aromatic N) is 2. The van der Waals surface area contributed by atoms with Crippen LogP contribution in [0.1, 0.15) is 17.5 Å². The van der Waals surface area contributed by atoms with Crippen molar-refractivity contribution in [2.24, 2.45) is 0 Å². The maximum absolute atomic E-state index is 13.3. The second-order valence-electron chi connectivity index (χ2n) is 6.86. The highest BCUT2D eigenvalue weighted by atomic mass is 35.5. The lowest BCUT2D eigenvalue weighted by molar-refractivity contribution is -0.133. The molecule has 1 saturated heterocycles. The summed E-state index contributed by atoms with van der Waals surface area (Å²) in [6.07, 6.45) is 0.684. The van der Waals surface area contributed by atoms with Crippen LogP contribution in [0.15, 0.2) is 36.4 Å². The molecule has 4 nitrogen and oxygen atoms in total. The van der Waals surface area contributed by atoms with Gasteiger partial charge in [0.1, 0.15) is 5.75 Å². The number of hydrogen-bond acceptors (Lipinski definition) is 3. The molecular formula is C21H23ClF2N2O2. The predicted molar refractivity (Wildman–Crippen MR) is 105 cm³/mol. The normalized spacial score (nSPS) is 14.9. The van der Waals surface area contributed by atoms with Crippen LogP contribution in [0, 0.1) is 11.6 Å². The minimum Gasteiger partial charge on any atom is -0.496 e. The van der Waals surface area contributed by atoms with E-state index in [0.29, 0.717) is 36.6 Å². The molecule has 0 unspecified atom stereocenters. The topological polar surface area (TPSA) is 32.8 Å². The summed E-state index contributed by atoms with van der Waals surface area (Å²) in [4.78, 5) is 16.5. The van der Waals surface area contributed by atoms with Gasteiger partial charge in [-0.1, -0.05) is 17.7 Å². The van der Waals surface area contributed by atoms with Crippen LogP contribution in [0.5, 0.6) is 5.75 Å². The number of rotatable bonds is 6. The van der Waals surface area contributed by atoms with Crippen molar-refractivity contribution in [1.29, 1.82) is 0 Å². The Labute approximate surface area is 168 Å². The quantitative estimate of drug-likeness (QED) is 0.726. The fourth-order valence-corrected chi connectivity index (χ4v) is 3.57. The smallest absolute Gasteiger partial charge is 0.222 e. The van der Waals surface area contributed by atoms with Gasteiger partial charge in [-0.15, -0.1) is 0 Å². The number of carbonyl (C=O) groups is 1. The van der Waals surface area contributed by atoms with Crippen molar-refractivity contribution in [3.63, 3.8) is 0 Å². The average Bonchev–Trinajstić information content (AvgIpc) is 2.69. The molecule has 1 aliphatic rings. The van der Waals surface area contributed by atoms with Crippen molar-refractivity contribution in [1.82, 2.24) is 9.80 Å². The summed E-state index contributed by atoms with van der Waals surface area (Å²) in [6.45, 7) is 3.50. The zero-order chi connectivity index (χ0) is 20.1. The van der Waals surface area contributed by atoms with Crippen molar-refractivity contribution in [2.75, 3.05) is 33.3 Å². The highest BCUT2D eigenvalue weighted by Crippen LogP contribution is 2.24. The molecule has 3 rings (SSSR count). The number of aryl methyl sites for hydroxylation is 1. The minimum atomic E-state index is -0.880. The second-order valence-corrected chi connectivity index (χ2v) is 7.30. The van der Waals surface area contributed by atoms with Crippen molar-refractivity contribution < 1.29 is 18.3 Å². The van der Waals surface area contributed by atoms with Crippen LogP contribution < -0.4 is 4.74 Å². The van der Waals surface area contributed by atoms with E-state index in [1.165, 1.54) is 6.07 Å². The number of methoxy groups -OCH3 is 1. The zero-order valence-electron chi connectivity index (χ0n) is 15.8. The van der Waals surface area contributed by atoms with Gasteiger partial charge in [-0.05, 0) is 42.3 Å². The molecule has 2 aromatic carbocycles. The molecule has 1 fully saturated rings. The van der Waals surface area contributed by atoms with Crippen LogP contribution in [-0.4, -0.2) is 49.0 Å². The third kappa shape index (κ3) is 5.20. The van der Waals surface area contributed by atoms with E-state index in [-0.39, 0.29) is 12.3 Å². The van der Waals surface area contributed by atoms with E-state index < -0.39 is 11.6 Å². The summed E-state index contributed by atoms with van der Waals surface area (Å²) in [7, 11) is 1.64.